The number of methoxy groups -OCH3 is 1. The van der Waals surface area contributed by atoms with Crippen LogP contribution in [-0.4, -0.2) is 19.4 Å². The molecule has 0 saturated heterocycles. The third-order valence-corrected chi connectivity index (χ3v) is 2.61. The van der Waals surface area contributed by atoms with E-state index in [0.717, 1.165) is 12.8 Å². The topological polar surface area (TPSA) is 35.5 Å². The summed E-state index contributed by atoms with van der Waals surface area (Å²) >= 11 is 0. The summed E-state index contributed by atoms with van der Waals surface area (Å²) in [6, 6.07) is 0. The second kappa shape index (κ2) is 9.75. The second-order valence-electron chi connectivity index (χ2n) is 4.90. The Hall–Kier alpha value is -1.25. The molecular formula is C15H26O3. The third-order valence-electron chi connectivity index (χ3n) is 2.61. The van der Waals surface area contributed by atoms with Crippen molar-refractivity contribution in [2.24, 2.45) is 5.92 Å². The molecule has 104 valence electrons. The van der Waals surface area contributed by atoms with Crippen LogP contribution in [0.15, 0.2) is 23.8 Å². The van der Waals surface area contributed by atoms with E-state index in [9.17, 15) is 4.79 Å². The standard InChI is InChI=1S/C15H26O3/c1-12(2)8-6-9-13(3)10-7-11-14(4)18-15(16)17-5/h7-8,11,13-14H,6,9-10H2,1-5H3/b11-7+/t13-,14-/m1/s1. The largest absolute Gasteiger partial charge is 0.508 e. The maximum Gasteiger partial charge on any atom is 0.508 e. The lowest BCUT2D eigenvalue weighted by molar-refractivity contribution is 0.0578. The Morgan fingerprint density at radius 2 is 1.94 bits per heavy atom. The molecule has 0 bridgehead atoms. The van der Waals surface area contributed by atoms with E-state index >= 15 is 0 Å². The van der Waals surface area contributed by atoms with Crippen molar-refractivity contribution in [3.05, 3.63) is 23.8 Å². The minimum absolute atomic E-state index is 0.234. The van der Waals surface area contributed by atoms with Gasteiger partial charge in [-0.2, -0.15) is 0 Å². The van der Waals surface area contributed by atoms with Crippen LogP contribution in [0.2, 0.25) is 0 Å². The van der Waals surface area contributed by atoms with E-state index in [1.165, 1.54) is 19.1 Å². The van der Waals surface area contributed by atoms with Gasteiger partial charge in [0.05, 0.1) is 7.11 Å². The van der Waals surface area contributed by atoms with Gasteiger partial charge in [-0.05, 0) is 52.0 Å². The summed E-state index contributed by atoms with van der Waals surface area (Å²) in [5, 5.41) is 0. The average molecular weight is 254 g/mol. The predicted molar refractivity (Wildman–Crippen MR) is 74.5 cm³/mol. The first-order valence-corrected chi connectivity index (χ1v) is 6.50. The van der Waals surface area contributed by atoms with Gasteiger partial charge in [0.1, 0.15) is 6.10 Å². The van der Waals surface area contributed by atoms with Crippen molar-refractivity contribution in [1.82, 2.24) is 0 Å². The fraction of sp³-hybridized carbons (Fsp3) is 0.667. The van der Waals surface area contributed by atoms with Gasteiger partial charge in [0.2, 0.25) is 0 Å². The molecule has 0 aromatic heterocycles. The Kier molecular flexibility index (Phi) is 9.07. The molecule has 0 aromatic carbocycles. The monoisotopic (exact) mass is 254 g/mol. The van der Waals surface area contributed by atoms with Gasteiger partial charge in [-0.25, -0.2) is 4.79 Å². The van der Waals surface area contributed by atoms with E-state index in [1.807, 2.05) is 13.0 Å². The first-order valence-electron chi connectivity index (χ1n) is 6.50. The summed E-state index contributed by atoms with van der Waals surface area (Å²) in [6.07, 6.45) is 8.68. The Morgan fingerprint density at radius 3 is 2.50 bits per heavy atom. The van der Waals surface area contributed by atoms with Crippen LogP contribution in [0.25, 0.3) is 0 Å². The van der Waals surface area contributed by atoms with Gasteiger partial charge in [-0.15, -0.1) is 0 Å². The molecule has 0 radical (unpaired) electrons. The highest BCUT2D eigenvalue weighted by Gasteiger charge is 2.05. The van der Waals surface area contributed by atoms with E-state index in [0.29, 0.717) is 5.92 Å². The molecule has 0 saturated carbocycles. The summed E-state index contributed by atoms with van der Waals surface area (Å²) in [4.78, 5) is 10.8. The lowest BCUT2D eigenvalue weighted by atomic mass is 10.0. The second-order valence-corrected chi connectivity index (χ2v) is 4.90. The SMILES string of the molecule is COC(=O)O[C@H](C)/C=C/C[C@H](C)CCC=C(C)C. The van der Waals surface area contributed by atoms with Gasteiger partial charge in [0, 0.05) is 0 Å². The zero-order chi connectivity index (χ0) is 14.0. The molecule has 0 aliphatic rings. The highest BCUT2D eigenvalue weighted by atomic mass is 16.7. The minimum Gasteiger partial charge on any atom is -0.438 e. The maximum absolute atomic E-state index is 10.8. The Balaban J connectivity index is 3.79. The van der Waals surface area contributed by atoms with Gasteiger partial charge in [-0.1, -0.05) is 24.6 Å². The Morgan fingerprint density at radius 1 is 1.28 bits per heavy atom. The van der Waals surface area contributed by atoms with E-state index in [2.05, 4.69) is 37.7 Å². The maximum atomic E-state index is 10.8. The minimum atomic E-state index is -0.635. The van der Waals surface area contributed by atoms with Crippen molar-refractivity contribution in [2.75, 3.05) is 7.11 Å². The first kappa shape index (κ1) is 16.8. The highest BCUT2D eigenvalue weighted by Crippen LogP contribution is 2.12. The van der Waals surface area contributed by atoms with Crippen molar-refractivity contribution < 1.29 is 14.3 Å². The fourth-order valence-electron chi connectivity index (χ4n) is 1.52. The van der Waals surface area contributed by atoms with E-state index in [-0.39, 0.29) is 6.10 Å². The molecule has 0 aliphatic heterocycles. The van der Waals surface area contributed by atoms with E-state index in [4.69, 9.17) is 4.74 Å². The molecule has 0 amide bonds. The van der Waals surface area contributed by atoms with Crippen LogP contribution in [0, 0.1) is 5.92 Å². The molecule has 0 unspecified atom stereocenters. The number of hydrogen-bond donors (Lipinski definition) is 0. The van der Waals surface area contributed by atoms with Gasteiger partial charge >= 0.3 is 6.16 Å². The highest BCUT2D eigenvalue weighted by molar-refractivity contribution is 5.59. The summed E-state index contributed by atoms with van der Waals surface area (Å²) in [5.74, 6) is 0.641. The molecule has 0 rings (SSSR count). The van der Waals surface area contributed by atoms with Crippen LogP contribution in [0.5, 0.6) is 0 Å². The average Bonchev–Trinajstić information content (AvgIpc) is 2.28. The van der Waals surface area contributed by atoms with Crippen LogP contribution in [0.4, 0.5) is 4.79 Å². The molecule has 0 fully saturated rings. The molecule has 0 aliphatic carbocycles. The molecule has 0 N–H and O–H groups in total. The molecule has 2 atom stereocenters. The van der Waals surface area contributed by atoms with Crippen molar-refractivity contribution in [3.63, 3.8) is 0 Å². The molecule has 0 heterocycles. The lowest BCUT2D eigenvalue weighted by Crippen LogP contribution is -2.12. The molecular weight excluding hydrogens is 228 g/mol. The molecule has 3 heteroatoms. The van der Waals surface area contributed by atoms with Gasteiger partial charge in [0.25, 0.3) is 0 Å². The zero-order valence-electron chi connectivity index (χ0n) is 12.2. The van der Waals surface area contributed by atoms with E-state index < -0.39 is 6.16 Å². The van der Waals surface area contributed by atoms with Crippen LogP contribution in [-0.2, 0) is 9.47 Å². The Labute approximate surface area is 111 Å². The number of carbonyl (C=O) groups excluding carboxylic acids is 1. The van der Waals surface area contributed by atoms with Crippen molar-refractivity contribution in [2.45, 2.75) is 53.1 Å². The smallest absolute Gasteiger partial charge is 0.438 e. The van der Waals surface area contributed by atoms with Crippen LogP contribution in [0.1, 0.15) is 47.0 Å². The summed E-state index contributed by atoms with van der Waals surface area (Å²) in [5.41, 5.74) is 1.37. The fourth-order valence-corrected chi connectivity index (χ4v) is 1.52. The molecule has 0 spiro atoms. The van der Waals surface area contributed by atoms with Crippen molar-refractivity contribution in [1.29, 1.82) is 0 Å². The molecule has 18 heavy (non-hydrogen) atoms. The summed E-state index contributed by atoms with van der Waals surface area (Å²) in [6.45, 7) is 8.29. The van der Waals surface area contributed by atoms with E-state index in [1.54, 1.807) is 0 Å². The predicted octanol–water partition coefficient (Wildman–Crippen LogP) is 4.49. The first-order chi connectivity index (χ1) is 8.45. The number of hydrogen-bond acceptors (Lipinski definition) is 3. The normalized spacial score (nSPS) is 14.1. The Bertz CT molecular complexity index is 288. The summed E-state index contributed by atoms with van der Waals surface area (Å²) < 4.78 is 9.36. The van der Waals surface area contributed by atoms with Gasteiger partial charge in [0.15, 0.2) is 0 Å². The number of ether oxygens (including phenoxy) is 2. The molecule has 3 nitrogen and oxygen atoms in total. The lowest BCUT2D eigenvalue weighted by Gasteiger charge is -2.09. The van der Waals surface area contributed by atoms with Crippen molar-refractivity contribution >= 4 is 6.16 Å². The van der Waals surface area contributed by atoms with Gasteiger partial charge < -0.3 is 9.47 Å². The quantitative estimate of drug-likeness (QED) is 0.496. The number of carbonyl (C=O) groups is 1. The molecule has 0 aromatic rings. The van der Waals surface area contributed by atoms with Crippen LogP contribution in [0.3, 0.4) is 0 Å². The summed E-state index contributed by atoms with van der Waals surface area (Å²) in [7, 11) is 1.31. The number of rotatable bonds is 7. The van der Waals surface area contributed by atoms with Crippen LogP contribution >= 0.6 is 0 Å². The van der Waals surface area contributed by atoms with Gasteiger partial charge in [-0.3, -0.25) is 0 Å². The van der Waals surface area contributed by atoms with Crippen LogP contribution < -0.4 is 0 Å². The third kappa shape index (κ3) is 9.94. The zero-order valence-corrected chi connectivity index (χ0v) is 12.2. The number of allylic oxidation sites excluding steroid dienone is 3. The van der Waals surface area contributed by atoms with Crippen molar-refractivity contribution in [3.8, 4) is 0 Å².